The molecule has 0 saturated carbocycles. The molecule has 2 fully saturated rings. The number of nitrogens with zero attached hydrogens (tertiary/aromatic N) is 14. The van der Waals surface area contributed by atoms with Gasteiger partial charge in [-0.15, -0.1) is 17.4 Å². The van der Waals surface area contributed by atoms with Crippen LogP contribution in [-0.4, -0.2) is 213 Å². The molecular formula is C78H98N22O22. The number of azide groups is 1. The fraction of sp³-hybridized carbons (Fsp3) is 0.487. The number of H-pyrrole nitrogens is 4. The maximum Gasteiger partial charge on any atom is 0.330 e. The first-order chi connectivity index (χ1) is 58.6. The lowest BCUT2D eigenvalue weighted by Gasteiger charge is -2.18. The number of aliphatic hydroxyl groups is 2. The Morgan fingerprint density at radius 1 is 0.607 bits per heavy atom. The largest absolute Gasteiger partial charge is 0.480 e. The number of nitrogens with two attached hydrogens (primary N) is 2. The molecule has 14 N–H and O–H groups in total. The lowest BCUT2D eigenvalue weighted by molar-refractivity contribution is -0.142. The Morgan fingerprint density at radius 2 is 1.06 bits per heavy atom. The summed E-state index contributed by atoms with van der Waals surface area (Å²) in [6, 6.07) is 11.8. The van der Waals surface area contributed by atoms with Gasteiger partial charge in [-0.25, -0.2) is 33.4 Å². The average Bonchev–Trinajstić information content (AvgIpc) is 1.63. The van der Waals surface area contributed by atoms with Gasteiger partial charge in [0.25, 0.3) is 11.1 Å². The molecule has 2 saturated heterocycles. The van der Waals surface area contributed by atoms with Gasteiger partial charge in [-0.1, -0.05) is 65.3 Å². The zero-order valence-corrected chi connectivity index (χ0v) is 67.5. The number of terminal acetylenes is 1. The molecule has 2 amide bonds. The van der Waals surface area contributed by atoms with Crippen LogP contribution in [0.5, 0.6) is 12.0 Å². The van der Waals surface area contributed by atoms with Crippen LogP contribution in [0.4, 0.5) is 11.6 Å². The summed E-state index contributed by atoms with van der Waals surface area (Å²) >= 11 is 0. The molecule has 0 spiro atoms. The summed E-state index contributed by atoms with van der Waals surface area (Å²) in [5, 5.41) is 55.0. The Morgan fingerprint density at radius 3 is 1.50 bits per heavy atom. The molecule has 44 nitrogen and oxygen atoms in total. The molecule has 11 rings (SSSR count). The normalized spacial score (nSPS) is 16.5. The quantitative estimate of drug-likeness (QED) is 0.00854. The number of carboxylic acid groups (broad SMARTS) is 2. The van der Waals surface area contributed by atoms with Crippen LogP contribution in [0.25, 0.3) is 32.8 Å². The van der Waals surface area contributed by atoms with Crippen LogP contribution in [0.1, 0.15) is 154 Å². The number of carboxylic acids is 2. The fourth-order valence-corrected chi connectivity index (χ4v) is 13.4. The number of nitrogens with one attached hydrogen (secondary N) is 6. The van der Waals surface area contributed by atoms with Gasteiger partial charge in [-0.2, -0.15) is 19.9 Å². The summed E-state index contributed by atoms with van der Waals surface area (Å²) in [6.45, 7) is 4.00. The molecular weight excluding hydrogens is 1600 g/mol. The van der Waals surface area contributed by atoms with E-state index in [-0.39, 0.29) is 139 Å². The Bertz CT molecular complexity index is 5600. The number of aromatic nitrogens is 15. The fourth-order valence-electron chi connectivity index (χ4n) is 13.4. The van der Waals surface area contributed by atoms with E-state index in [4.69, 9.17) is 56.9 Å². The van der Waals surface area contributed by atoms with Crippen molar-refractivity contribution in [1.29, 1.82) is 0 Å². The molecule has 652 valence electrons. The van der Waals surface area contributed by atoms with E-state index in [0.717, 1.165) is 22.3 Å². The van der Waals surface area contributed by atoms with Crippen molar-refractivity contribution in [2.24, 2.45) is 5.11 Å². The number of Topliss-reactive ketones (excluding diaryl/α,β-unsaturated/α-hetero) is 2. The van der Waals surface area contributed by atoms with Crippen molar-refractivity contribution in [2.75, 3.05) is 65.3 Å². The number of fused-ring (bicyclic) bond motifs is 2. The highest BCUT2D eigenvalue weighted by molar-refractivity contribution is 5.89. The Kier molecular flexibility index (Phi) is 34.3. The SMILES string of the molecule is C#CCCCCC(NC(=O)CCC(=O)CCc1ccc(Cn2c(=O)[nH]c3c(N)nc(OCCOC)nc32)cc1)C(=O)O.COCCOc1nc(N)c2[nH]c(=O)n(Cc3ccc(CCC(=O)CCC(=O)NC(CCCCc4cnnn4C4CC(n5cc(C)c(=O)[nH]c5=O)OC4CO)C(=O)O)cc3)c2n1.Cc1cn(C2CC(N=[N+]=[N-])C(CO)O2)c(=O)[nH]c1=O. The number of rotatable bonds is 43. The molecule has 2 aliphatic rings. The number of anilines is 2. The Balaban J connectivity index is 0.000000237. The smallest absolute Gasteiger partial charge is 0.330 e. The van der Waals surface area contributed by atoms with E-state index in [1.165, 1.54) is 37.8 Å². The number of hydrogen-bond acceptors (Lipinski definition) is 29. The number of hydrogen-bond donors (Lipinski definition) is 12. The van der Waals surface area contributed by atoms with E-state index >= 15 is 0 Å². The van der Waals surface area contributed by atoms with Gasteiger partial charge in [-0.05, 0) is 93.0 Å². The predicted octanol–water partition coefficient (Wildman–Crippen LogP) is 1.93. The van der Waals surface area contributed by atoms with Crippen LogP contribution in [-0.2, 0) is 80.1 Å². The maximum absolute atomic E-state index is 12.7. The van der Waals surface area contributed by atoms with Crippen LogP contribution < -0.4 is 65.5 Å². The summed E-state index contributed by atoms with van der Waals surface area (Å²) in [5.74, 6) is -0.879. The minimum atomic E-state index is -1.19. The molecule has 7 aromatic heterocycles. The second-order valence-electron chi connectivity index (χ2n) is 28.8. The number of carbonyl (C=O) groups excluding carboxylic acids is 4. The number of amides is 2. The van der Waals surface area contributed by atoms with Gasteiger partial charge in [-0.3, -0.25) is 57.0 Å². The van der Waals surface area contributed by atoms with Crippen molar-refractivity contribution < 1.29 is 77.6 Å². The topological polar surface area (TPSA) is 631 Å². The first kappa shape index (κ1) is 92.6. The number of unbranched alkanes of at least 4 members (excludes halogenated alkanes) is 3. The average molecular weight is 1700 g/mol. The van der Waals surface area contributed by atoms with E-state index in [9.17, 15) is 72.9 Å². The van der Waals surface area contributed by atoms with Crippen LogP contribution >= 0.6 is 0 Å². The molecule has 2 aliphatic heterocycles. The number of aromatic amines is 4. The Hall–Kier alpha value is -13.3. The van der Waals surface area contributed by atoms with Crippen molar-refractivity contribution in [1.82, 2.24) is 83.8 Å². The Labute approximate surface area is 693 Å². The first-order valence-electron chi connectivity index (χ1n) is 39.2. The molecule has 44 heteroatoms. The molecule has 9 aromatic rings. The molecule has 8 atom stereocenters. The van der Waals surface area contributed by atoms with Gasteiger partial charge >= 0.3 is 46.7 Å². The predicted molar refractivity (Wildman–Crippen MR) is 435 cm³/mol. The third kappa shape index (κ3) is 25.9. The van der Waals surface area contributed by atoms with Crippen molar-refractivity contribution in [3.8, 4) is 24.4 Å². The molecule has 2 aromatic carbocycles. The molecule has 122 heavy (non-hydrogen) atoms. The number of imidazole rings is 2. The summed E-state index contributed by atoms with van der Waals surface area (Å²) in [4.78, 5) is 175. The number of aliphatic hydroxyl groups excluding tert-OH is 2. The number of carbonyl (C=O) groups is 6. The van der Waals surface area contributed by atoms with E-state index < -0.39 is 106 Å². The third-order valence-electron chi connectivity index (χ3n) is 20.0. The zero-order chi connectivity index (χ0) is 88.1. The van der Waals surface area contributed by atoms with Crippen LogP contribution in [0, 0.1) is 26.2 Å². The molecule has 0 aliphatic carbocycles. The number of aryl methyl sites for hydroxylation is 5. The second kappa shape index (κ2) is 45.2. The summed E-state index contributed by atoms with van der Waals surface area (Å²) < 4.78 is 39.3. The maximum atomic E-state index is 12.7. The minimum absolute atomic E-state index is 0.0213. The van der Waals surface area contributed by atoms with Gasteiger partial charge in [0.1, 0.15) is 66.5 Å². The molecule has 0 radical (unpaired) electrons. The third-order valence-corrected chi connectivity index (χ3v) is 20.0. The summed E-state index contributed by atoms with van der Waals surface area (Å²) in [5.41, 5.74) is 23.5. The number of nitrogen functional groups attached to an aromatic ring is 2. The molecule has 8 unspecified atom stereocenters. The van der Waals surface area contributed by atoms with Crippen molar-refractivity contribution in [3.63, 3.8) is 0 Å². The van der Waals surface area contributed by atoms with E-state index in [2.05, 4.69) is 76.8 Å². The number of methoxy groups -OCH3 is 2. The van der Waals surface area contributed by atoms with E-state index in [0.29, 0.717) is 104 Å². The minimum Gasteiger partial charge on any atom is -0.480 e. The zero-order valence-electron chi connectivity index (χ0n) is 67.5. The van der Waals surface area contributed by atoms with Gasteiger partial charge in [0.2, 0.25) is 11.8 Å². The second-order valence-corrected chi connectivity index (χ2v) is 28.8. The van der Waals surface area contributed by atoms with Crippen molar-refractivity contribution in [2.45, 2.75) is 191 Å². The van der Waals surface area contributed by atoms with E-state index in [1.54, 1.807) is 31.8 Å². The highest BCUT2D eigenvalue weighted by atomic mass is 16.5. The first-order valence-corrected chi connectivity index (χ1v) is 39.2. The standard InChI is InChI=1S/C39H49N11O11.C29H36N6O7.C10H13N5O4/c1-22-19-48(39(58)46-35(22)54)31-17-28(29(21-51)61-31)50-25(18-41-47-50)5-3-4-6-27(36(55)56)42-30(53)14-13-26(52)12-11-23-7-9-24(10-8-23)20-49-34-32(43-38(49)57)33(40)44-37(45-34)60-16-15-59-2;1-3-4-5-6-7-22(27(38)39)31-23(37)15-14-21(36)13-12-19-8-10-20(11-9-19)18-35-26-24(32-29(35)40)25(30)33-28(34-26)42-17-16-41-2;1-5-3-15(10(18)12-9(5)17)8-2-6(13-14-11)7(4-16)19-8/h7-10,18-19,27-29,31,51H,3-6,11-17,20-21H2,1-2H3,(H,42,53)(H,43,57)(H,55,56)(H2,40,44,45)(H,46,54,58);1,8-11,22H,4-7,12-18H2,2H3,(H,31,37)(H,32,40)(H,38,39)(H2,30,33,34);3,6-8,16H,2,4H2,1H3,(H,12,17,18). The lowest BCUT2D eigenvalue weighted by atomic mass is 10.0. The summed E-state index contributed by atoms with van der Waals surface area (Å²) in [6.07, 6.45) is 12.1. The highest BCUT2D eigenvalue weighted by Crippen LogP contribution is 2.37. The van der Waals surface area contributed by atoms with Crippen LogP contribution in [0.2, 0.25) is 0 Å². The number of aliphatic carboxylic acids is 2. The number of ether oxygens (including phenoxy) is 6. The number of ketones is 2. The highest BCUT2D eigenvalue weighted by Gasteiger charge is 2.40. The van der Waals surface area contributed by atoms with Gasteiger partial charge in [0.05, 0.1) is 69.6 Å². The lowest BCUT2D eigenvalue weighted by Crippen LogP contribution is -2.40. The van der Waals surface area contributed by atoms with Crippen LogP contribution in [0.3, 0.4) is 0 Å². The molecule has 9 heterocycles. The van der Waals surface area contributed by atoms with Crippen LogP contribution in [0.15, 0.2) is 101 Å². The molecule has 0 bridgehead atoms. The van der Waals surface area contributed by atoms with Crippen molar-refractivity contribution in [3.05, 3.63) is 179 Å². The van der Waals surface area contributed by atoms with E-state index in [1.807, 2.05) is 48.5 Å². The van der Waals surface area contributed by atoms with Gasteiger partial charge in [0.15, 0.2) is 22.9 Å². The van der Waals surface area contributed by atoms with Crippen molar-refractivity contribution >= 4 is 69.3 Å². The van der Waals surface area contributed by atoms with Gasteiger partial charge in [0, 0.05) is 100 Å². The monoisotopic (exact) mass is 1690 g/mol. The number of benzene rings is 2. The summed E-state index contributed by atoms with van der Waals surface area (Å²) in [7, 11) is 3.08. The van der Waals surface area contributed by atoms with Gasteiger partial charge < -0.3 is 80.9 Å².